The third-order valence-electron chi connectivity index (χ3n) is 4.48. The molecule has 0 atom stereocenters. The first-order valence-corrected chi connectivity index (χ1v) is 9.20. The Morgan fingerprint density at radius 1 is 1.07 bits per heavy atom. The second-order valence-corrected chi connectivity index (χ2v) is 7.69. The van der Waals surface area contributed by atoms with Crippen LogP contribution in [-0.4, -0.2) is 41.8 Å². The Kier molecular flexibility index (Phi) is 4.41. The third-order valence-corrected chi connectivity index (χ3v) is 5.90. The van der Waals surface area contributed by atoms with Gasteiger partial charge in [0, 0.05) is 5.56 Å². The van der Waals surface area contributed by atoms with E-state index in [9.17, 15) is 9.59 Å². The Balaban J connectivity index is 1.58. The Hall–Kier alpha value is -3.51. The number of hydrogen-bond acceptors (Lipinski definition) is 7. The van der Waals surface area contributed by atoms with Crippen LogP contribution in [0.4, 0.5) is 0 Å². The zero-order chi connectivity index (χ0) is 19.7. The van der Waals surface area contributed by atoms with E-state index in [1.54, 1.807) is 36.4 Å². The molecule has 28 heavy (non-hydrogen) atoms. The number of carboxylic acid groups (broad SMARTS) is 1. The van der Waals surface area contributed by atoms with Crippen molar-refractivity contribution in [3.63, 3.8) is 0 Å². The summed E-state index contributed by atoms with van der Waals surface area (Å²) in [4.78, 5) is 24.0. The highest BCUT2D eigenvalue weighted by molar-refractivity contribution is 8.01. The SMILES string of the molecule is N#Cc1ccc(C(=O)C2(Sc3nnnn3-c3ccc(C(=O)O)cc3)CC2)cc1. The highest BCUT2D eigenvalue weighted by Gasteiger charge is 2.52. The van der Waals surface area contributed by atoms with Gasteiger partial charge in [-0.15, -0.1) is 5.10 Å². The molecule has 138 valence electrons. The summed E-state index contributed by atoms with van der Waals surface area (Å²) in [6, 6.07) is 14.8. The molecule has 1 saturated carbocycles. The average molecular weight is 391 g/mol. The normalized spacial score (nSPS) is 14.2. The van der Waals surface area contributed by atoms with E-state index in [2.05, 4.69) is 15.5 Å². The number of nitrogens with zero attached hydrogens (tertiary/aromatic N) is 5. The minimum Gasteiger partial charge on any atom is -0.478 e. The summed E-state index contributed by atoms with van der Waals surface area (Å²) in [6.45, 7) is 0. The molecular weight excluding hydrogens is 378 g/mol. The van der Waals surface area contributed by atoms with Crippen molar-refractivity contribution in [2.24, 2.45) is 0 Å². The van der Waals surface area contributed by atoms with Crippen molar-refractivity contribution in [3.8, 4) is 11.8 Å². The molecule has 4 rings (SSSR count). The lowest BCUT2D eigenvalue weighted by atomic mass is 10.1. The molecule has 0 aliphatic heterocycles. The number of carbonyl (C=O) groups excluding carboxylic acids is 1. The molecule has 0 radical (unpaired) electrons. The standard InChI is InChI=1S/C19H13N5O3S/c20-11-12-1-3-13(4-2-12)16(25)19(9-10-19)28-18-21-22-23-24(18)15-7-5-14(6-8-15)17(26)27/h1-8H,9-10H2,(H,26,27). The van der Waals surface area contributed by atoms with Gasteiger partial charge in [0.05, 0.1) is 27.6 Å². The number of hydrogen-bond donors (Lipinski definition) is 1. The van der Waals surface area contributed by atoms with Crippen LogP contribution in [0.15, 0.2) is 53.7 Å². The van der Waals surface area contributed by atoms with Gasteiger partial charge in [-0.1, -0.05) is 23.9 Å². The molecule has 2 aromatic carbocycles. The summed E-state index contributed by atoms with van der Waals surface area (Å²) in [5.74, 6) is -1.03. The zero-order valence-corrected chi connectivity index (χ0v) is 15.3. The first-order chi connectivity index (χ1) is 13.5. The van der Waals surface area contributed by atoms with Gasteiger partial charge in [-0.25, -0.2) is 4.79 Å². The van der Waals surface area contributed by atoms with Crippen LogP contribution in [0.5, 0.6) is 0 Å². The predicted octanol–water partition coefficient (Wildman–Crippen LogP) is 2.74. The van der Waals surface area contributed by atoms with E-state index in [1.807, 2.05) is 6.07 Å². The lowest BCUT2D eigenvalue weighted by molar-refractivity contribution is 0.0696. The number of carbonyl (C=O) groups is 2. The van der Waals surface area contributed by atoms with Gasteiger partial charge in [0.2, 0.25) is 5.16 Å². The summed E-state index contributed by atoms with van der Waals surface area (Å²) >= 11 is 1.30. The molecule has 9 heteroatoms. The van der Waals surface area contributed by atoms with Gasteiger partial charge in [-0.3, -0.25) is 4.79 Å². The third kappa shape index (κ3) is 3.25. The van der Waals surface area contributed by atoms with Gasteiger partial charge in [-0.05, 0) is 59.7 Å². The molecule has 0 bridgehead atoms. The molecular formula is C19H13N5O3S. The fraction of sp³-hybridized carbons (Fsp3) is 0.158. The van der Waals surface area contributed by atoms with Crippen molar-refractivity contribution >= 4 is 23.5 Å². The molecule has 0 amide bonds. The van der Waals surface area contributed by atoms with E-state index in [1.165, 1.54) is 28.6 Å². The Labute approximate surface area is 163 Å². The van der Waals surface area contributed by atoms with Crippen LogP contribution in [0, 0.1) is 11.3 Å². The van der Waals surface area contributed by atoms with E-state index in [4.69, 9.17) is 10.4 Å². The number of ketones is 1. The molecule has 0 saturated heterocycles. The molecule has 1 fully saturated rings. The largest absolute Gasteiger partial charge is 0.478 e. The molecule has 1 aromatic heterocycles. The van der Waals surface area contributed by atoms with E-state index in [-0.39, 0.29) is 11.3 Å². The number of carboxylic acids is 1. The van der Waals surface area contributed by atoms with Gasteiger partial charge in [0.15, 0.2) is 5.78 Å². The molecule has 8 nitrogen and oxygen atoms in total. The van der Waals surface area contributed by atoms with Crippen molar-refractivity contribution in [2.45, 2.75) is 22.7 Å². The Morgan fingerprint density at radius 2 is 1.71 bits per heavy atom. The minimum atomic E-state index is -1.01. The lowest BCUT2D eigenvalue weighted by Crippen LogP contribution is -2.19. The van der Waals surface area contributed by atoms with Crippen LogP contribution in [0.3, 0.4) is 0 Å². The van der Waals surface area contributed by atoms with E-state index in [0.29, 0.717) is 34.8 Å². The lowest BCUT2D eigenvalue weighted by Gasteiger charge is -2.13. The molecule has 3 aromatic rings. The highest BCUT2D eigenvalue weighted by atomic mass is 32.2. The number of aromatic carboxylic acids is 1. The second-order valence-electron chi connectivity index (χ2n) is 6.34. The number of nitriles is 1. The number of Topliss-reactive ketones (excluding diaryl/α,β-unsaturated/α-hetero) is 1. The maximum atomic E-state index is 13.0. The topological polar surface area (TPSA) is 122 Å². The molecule has 1 N–H and O–H groups in total. The smallest absolute Gasteiger partial charge is 0.335 e. The molecule has 1 aliphatic carbocycles. The number of rotatable bonds is 6. The maximum Gasteiger partial charge on any atom is 0.335 e. The maximum absolute atomic E-state index is 13.0. The first-order valence-electron chi connectivity index (χ1n) is 8.38. The van der Waals surface area contributed by atoms with Crippen LogP contribution in [0.2, 0.25) is 0 Å². The predicted molar refractivity (Wildman–Crippen MR) is 99.4 cm³/mol. The molecule has 1 aliphatic rings. The van der Waals surface area contributed by atoms with Crippen LogP contribution < -0.4 is 0 Å². The van der Waals surface area contributed by atoms with Crippen molar-refractivity contribution in [2.75, 3.05) is 0 Å². The summed E-state index contributed by atoms with van der Waals surface area (Å²) in [5, 5.41) is 30.1. The fourth-order valence-corrected chi connectivity index (χ4v) is 3.94. The Morgan fingerprint density at radius 3 is 2.29 bits per heavy atom. The van der Waals surface area contributed by atoms with Gasteiger partial charge in [0.1, 0.15) is 0 Å². The molecule has 1 heterocycles. The van der Waals surface area contributed by atoms with Crippen molar-refractivity contribution in [1.29, 1.82) is 5.26 Å². The fourth-order valence-electron chi connectivity index (χ4n) is 2.77. The number of aromatic nitrogens is 4. The van der Waals surface area contributed by atoms with E-state index >= 15 is 0 Å². The monoisotopic (exact) mass is 391 g/mol. The Bertz CT molecular complexity index is 1100. The summed E-state index contributed by atoms with van der Waals surface area (Å²) in [5.41, 5.74) is 1.83. The van der Waals surface area contributed by atoms with Crippen LogP contribution in [-0.2, 0) is 0 Å². The number of thioether (sulfide) groups is 1. The molecule has 0 spiro atoms. The van der Waals surface area contributed by atoms with Gasteiger partial charge < -0.3 is 5.11 Å². The minimum absolute atomic E-state index is 0.0160. The van der Waals surface area contributed by atoms with Crippen LogP contribution in [0.25, 0.3) is 5.69 Å². The zero-order valence-electron chi connectivity index (χ0n) is 14.4. The van der Waals surface area contributed by atoms with Crippen molar-refractivity contribution < 1.29 is 14.7 Å². The number of benzene rings is 2. The number of tetrazole rings is 1. The van der Waals surface area contributed by atoms with E-state index in [0.717, 1.165) is 0 Å². The van der Waals surface area contributed by atoms with Crippen LogP contribution >= 0.6 is 11.8 Å². The average Bonchev–Trinajstić information content (AvgIpc) is 3.36. The summed E-state index contributed by atoms with van der Waals surface area (Å²) < 4.78 is 0.865. The van der Waals surface area contributed by atoms with Gasteiger partial charge >= 0.3 is 5.97 Å². The van der Waals surface area contributed by atoms with E-state index < -0.39 is 10.7 Å². The quantitative estimate of drug-likeness (QED) is 0.637. The van der Waals surface area contributed by atoms with Crippen molar-refractivity contribution in [3.05, 3.63) is 65.2 Å². The molecule has 0 unspecified atom stereocenters. The van der Waals surface area contributed by atoms with Gasteiger partial charge in [0.25, 0.3) is 0 Å². The van der Waals surface area contributed by atoms with Crippen molar-refractivity contribution in [1.82, 2.24) is 20.2 Å². The summed E-state index contributed by atoms with van der Waals surface area (Å²) in [7, 11) is 0. The first kappa shape index (κ1) is 17.9. The summed E-state index contributed by atoms with van der Waals surface area (Å²) in [6.07, 6.45) is 1.42. The van der Waals surface area contributed by atoms with Crippen LogP contribution in [0.1, 0.15) is 39.1 Å². The van der Waals surface area contributed by atoms with Gasteiger partial charge in [-0.2, -0.15) is 9.94 Å². The highest BCUT2D eigenvalue weighted by Crippen LogP contribution is 2.53. The second kappa shape index (κ2) is 6.90.